The predicted octanol–water partition coefficient (Wildman–Crippen LogP) is 0.281. The van der Waals surface area contributed by atoms with Crippen molar-refractivity contribution >= 4 is 5.97 Å². The molecule has 0 heterocycles. The third-order valence-corrected chi connectivity index (χ3v) is 2.22. The SMILES string of the molecule is C=CC(=O)OC(CC)[N+](C)(C)CCO.O=[N+]([O-])[O-]. The van der Waals surface area contributed by atoms with Gasteiger partial charge in [-0.2, -0.15) is 0 Å². The van der Waals surface area contributed by atoms with E-state index in [1.165, 1.54) is 0 Å². The van der Waals surface area contributed by atoms with Crippen LogP contribution in [0.15, 0.2) is 12.7 Å². The predicted molar refractivity (Wildman–Crippen MR) is 64.8 cm³/mol. The number of hydrogen-bond donors (Lipinski definition) is 1. The maximum absolute atomic E-state index is 11.0. The molecule has 0 bridgehead atoms. The summed E-state index contributed by atoms with van der Waals surface area (Å²) in [4.78, 5) is 19.3. The van der Waals surface area contributed by atoms with E-state index in [0.717, 1.165) is 6.08 Å². The number of carbonyl (C=O) groups excluding carboxylic acids is 1. The van der Waals surface area contributed by atoms with Crippen LogP contribution >= 0.6 is 0 Å². The molecule has 1 atom stereocenters. The lowest BCUT2D eigenvalue weighted by Crippen LogP contribution is -2.52. The zero-order valence-electron chi connectivity index (χ0n) is 10.9. The molecule has 8 nitrogen and oxygen atoms in total. The molecule has 1 N–H and O–H groups in total. The van der Waals surface area contributed by atoms with Crippen LogP contribution in [0.5, 0.6) is 0 Å². The zero-order valence-corrected chi connectivity index (χ0v) is 10.9. The summed E-state index contributed by atoms with van der Waals surface area (Å²) in [5, 5.41) is 23.6. The van der Waals surface area contributed by atoms with E-state index < -0.39 is 11.1 Å². The lowest BCUT2D eigenvalue weighted by molar-refractivity contribution is -0.935. The van der Waals surface area contributed by atoms with E-state index in [4.69, 9.17) is 25.2 Å². The van der Waals surface area contributed by atoms with Crippen LogP contribution in [0.1, 0.15) is 13.3 Å². The Morgan fingerprint density at radius 2 is 2.00 bits per heavy atom. The summed E-state index contributed by atoms with van der Waals surface area (Å²) < 4.78 is 5.64. The molecule has 0 fully saturated rings. The topological polar surface area (TPSA) is 113 Å². The number of ether oxygens (including phenoxy) is 1. The summed E-state index contributed by atoms with van der Waals surface area (Å²) in [5.74, 6) is -0.416. The second kappa shape index (κ2) is 9.37. The zero-order chi connectivity index (χ0) is 14.8. The van der Waals surface area contributed by atoms with Crippen LogP contribution in [0, 0.1) is 15.3 Å². The average Bonchev–Trinajstić information content (AvgIpc) is 2.24. The Bertz CT molecular complexity index is 276. The van der Waals surface area contributed by atoms with Gasteiger partial charge in [0.05, 0.1) is 25.8 Å². The number of esters is 1. The number of nitrogens with zero attached hydrogens (tertiary/aromatic N) is 2. The van der Waals surface area contributed by atoms with Crippen molar-refractivity contribution in [1.82, 2.24) is 0 Å². The fourth-order valence-corrected chi connectivity index (χ4v) is 1.30. The Kier molecular flexibility index (Phi) is 9.73. The lowest BCUT2D eigenvalue weighted by atomic mass is 10.3. The Morgan fingerprint density at radius 3 is 2.28 bits per heavy atom. The van der Waals surface area contributed by atoms with E-state index >= 15 is 0 Å². The van der Waals surface area contributed by atoms with Gasteiger partial charge in [0.25, 0.3) is 0 Å². The molecule has 0 aliphatic carbocycles. The van der Waals surface area contributed by atoms with Crippen LogP contribution in [0.25, 0.3) is 0 Å². The Balaban J connectivity index is 0. The van der Waals surface area contributed by atoms with Crippen LogP contribution < -0.4 is 0 Å². The second-order valence-electron chi connectivity index (χ2n) is 3.95. The van der Waals surface area contributed by atoms with Gasteiger partial charge in [-0.05, 0) is 0 Å². The summed E-state index contributed by atoms with van der Waals surface area (Å²) in [7, 11) is 3.83. The first-order chi connectivity index (χ1) is 8.21. The number of rotatable bonds is 6. The van der Waals surface area contributed by atoms with E-state index in [9.17, 15) is 4.79 Å². The van der Waals surface area contributed by atoms with E-state index in [1.54, 1.807) is 0 Å². The number of aliphatic hydroxyl groups is 1. The molecule has 0 aromatic carbocycles. The molecule has 8 heteroatoms. The third-order valence-electron chi connectivity index (χ3n) is 2.22. The van der Waals surface area contributed by atoms with Gasteiger partial charge < -0.3 is 25.2 Å². The monoisotopic (exact) mass is 264 g/mol. The fraction of sp³-hybridized carbons (Fsp3) is 0.700. The molecule has 0 rings (SSSR count). The van der Waals surface area contributed by atoms with Gasteiger partial charge in [-0.3, -0.25) is 4.48 Å². The number of hydrogen-bond acceptors (Lipinski definition) is 6. The minimum absolute atomic E-state index is 0.0785. The van der Waals surface area contributed by atoms with E-state index in [-0.39, 0.29) is 12.8 Å². The maximum Gasteiger partial charge on any atom is 0.334 e. The molecular formula is C10H20N2O6. The fourth-order valence-electron chi connectivity index (χ4n) is 1.30. The third kappa shape index (κ3) is 9.55. The smallest absolute Gasteiger partial charge is 0.334 e. The molecule has 0 aliphatic heterocycles. The van der Waals surface area contributed by atoms with E-state index in [2.05, 4.69) is 6.58 Å². The Morgan fingerprint density at radius 1 is 1.56 bits per heavy atom. The summed E-state index contributed by atoms with van der Waals surface area (Å²) in [5.41, 5.74) is 0. The minimum Gasteiger partial charge on any atom is -0.409 e. The van der Waals surface area contributed by atoms with Crippen LogP contribution in [-0.4, -0.2) is 54.1 Å². The largest absolute Gasteiger partial charge is 0.409 e. The van der Waals surface area contributed by atoms with Crippen LogP contribution in [0.3, 0.4) is 0 Å². The lowest BCUT2D eigenvalue weighted by Gasteiger charge is -2.35. The van der Waals surface area contributed by atoms with Crippen molar-refractivity contribution in [2.75, 3.05) is 27.2 Å². The number of likely N-dealkylation sites (N-methyl/N-ethyl adjacent to an activating group) is 1. The van der Waals surface area contributed by atoms with Crippen molar-refractivity contribution in [3.8, 4) is 0 Å². The van der Waals surface area contributed by atoms with Gasteiger partial charge in [0, 0.05) is 12.5 Å². The van der Waals surface area contributed by atoms with Crippen molar-refractivity contribution < 1.29 is 24.2 Å². The molecular weight excluding hydrogens is 244 g/mol. The first-order valence-electron chi connectivity index (χ1n) is 5.29. The standard InChI is InChI=1S/C10H20NO3.NO3/c1-5-9(14-10(13)6-2)11(3,4)7-8-12;2-1(3)4/h6,9,12H,2,5,7-8H2,1,3-4H3;/q+1;-1. The van der Waals surface area contributed by atoms with Crippen LogP contribution in [-0.2, 0) is 9.53 Å². The van der Waals surface area contributed by atoms with E-state index in [0.29, 0.717) is 17.4 Å². The minimum atomic E-state index is -1.75. The summed E-state index contributed by atoms with van der Waals surface area (Å²) >= 11 is 0. The first kappa shape index (κ1) is 18.7. The number of carbonyl (C=O) groups is 1. The van der Waals surface area contributed by atoms with Gasteiger partial charge in [0.1, 0.15) is 6.54 Å². The van der Waals surface area contributed by atoms with Crippen molar-refractivity contribution in [1.29, 1.82) is 0 Å². The van der Waals surface area contributed by atoms with Gasteiger partial charge >= 0.3 is 5.97 Å². The van der Waals surface area contributed by atoms with Crippen molar-refractivity contribution in [2.24, 2.45) is 0 Å². The number of quaternary nitrogens is 1. The molecule has 0 spiro atoms. The normalized spacial score (nSPS) is 11.8. The molecule has 1 unspecified atom stereocenters. The van der Waals surface area contributed by atoms with Crippen molar-refractivity contribution in [3.63, 3.8) is 0 Å². The summed E-state index contributed by atoms with van der Waals surface area (Å²) in [6.07, 6.45) is 1.64. The highest BCUT2D eigenvalue weighted by Crippen LogP contribution is 2.12. The van der Waals surface area contributed by atoms with Crippen molar-refractivity contribution in [3.05, 3.63) is 28.0 Å². The van der Waals surface area contributed by atoms with Gasteiger partial charge in [0.2, 0.25) is 6.23 Å². The molecule has 106 valence electrons. The quantitative estimate of drug-likeness (QED) is 0.184. The molecule has 0 amide bonds. The van der Waals surface area contributed by atoms with Gasteiger partial charge in [-0.25, -0.2) is 4.79 Å². The summed E-state index contributed by atoms with van der Waals surface area (Å²) in [6.45, 7) is 5.92. The van der Waals surface area contributed by atoms with Crippen LogP contribution in [0.4, 0.5) is 0 Å². The Hall–Kier alpha value is -1.67. The average molecular weight is 264 g/mol. The molecule has 0 saturated carbocycles. The van der Waals surface area contributed by atoms with Gasteiger partial charge in [0.15, 0.2) is 0 Å². The van der Waals surface area contributed by atoms with Crippen LogP contribution in [0.2, 0.25) is 0 Å². The second-order valence-corrected chi connectivity index (χ2v) is 3.95. The highest BCUT2D eigenvalue weighted by Gasteiger charge is 2.28. The van der Waals surface area contributed by atoms with Crippen molar-refractivity contribution in [2.45, 2.75) is 19.6 Å². The highest BCUT2D eigenvalue weighted by molar-refractivity contribution is 5.81. The van der Waals surface area contributed by atoms with Gasteiger partial charge in [-0.1, -0.05) is 13.5 Å². The molecule has 18 heavy (non-hydrogen) atoms. The first-order valence-corrected chi connectivity index (χ1v) is 5.29. The highest BCUT2D eigenvalue weighted by atomic mass is 16.9. The molecule has 0 aliphatic rings. The molecule has 0 radical (unpaired) electrons. The van der Waals surface area contributed by atoms with Gasteiger partial charge in [-0.15, -0.1) is 0 Å². The molecule has 0 saturated heterocycles. The Labute approximate surface area is 106 Å². The summed E-state index contributed by atoms with van der Waals surface area (Å²) in [6, 6.07) is 0. The number of aliphatic hydroxyl groups excluding tert-OH is 1. The molecule has 0 aromatic rings. The molecule has 0 aromatic heterocycles. The van der Waals surface area contributed by atoms with E-state index in [1.807, 2.05) is 21.0 Å². The maximum atomic E-state index is 11.0.